The molecule has 2 fully saturated rings. The third-order valence-electron chi connectivity index (χ3n) is 5.71. The quantitative estimate of drug-likeness (QED) is 0.877. The number of anilines is 1. The van der Waals surface area contributed by atoms with Crippen LogP contribution in [0.15, 0.2) is 42.7 Å². The van der Waals surface area contributed by atoms with Crippen LogP contribution in [0.4, 0.5) is 10.3 Å². The van der Waals surface area contributed by atoms with Crippen LogP contribution < -0.4 is 4.90 Å². The number of aliphatic hydroxyl groups excluding tert-OH is 1. The number of halogens is 1. The van der Waals surface area contributed by atoms with Crippen molar-refractivity contribution < 1.29 is 14.3 Å². The molecule has 0 aliphatic carbocycles. The summed E-state index contributed by atoms with van der Waals surface area (Å²) in [7, 11) is 0. The van der Waals surface area contributed by atoms with E-state index in [1.54, 1.807) is 23.4 Å². The number of rotatable bonds is 2. The molecule has 2 aliphatic rings. The summed E-state index contributed by atoms with van der Waals surface area (Å²) < 4.78 is 13.2. The molecule has 0 saturated carbocycles. The van der Waals surface area contributed by atoms with Gasteiger partial charge >= 0.3 is 0 Å². The van der Waals surface area contributed by atoms with Crippen molar-refractivity contribution in [1.29, 1.82) is 0 Å². The molecule has 1 aromatic carbocycles. The van der Waals surface area contributed by atoms with Gasteiger partial charge in [0.05, 0.1) is 6.10 Å². The van der Waals surface area contributed by atoms with Crippen LogP contribution in [0.1, 0.15) is 29.6 Å². The number of hydrogen-bond acceptors (Lipinski definition) is 5. The maximum atomic E-state index is 13.2. The van der Waals surface area contributed by atoms with Crippen molar-refractivity contribution in [3.8, 4) is 0 Å². The number of carbonyl (C=O) groups is 1. The third kappa shape index (κ3) is 3.51. The average molecular weight is 370 g/mol. The molecule has 2 aromatic rings. The summed E-state index contributed by atoms with van der Waals surface area (Å²) in [5.41, 5.74) is 0.0766. The highest BCUT2D eigenvalue weighted by molar-refractivity contribution is 5.94. The minimum atomic E-state index is -0.471. The van der Waals surface area contributed by atoms with Gasteiger partial charge in [-0.15, -0.1) is 0 Å². The lowest BCUT2D eigenvalue weighted by Crippen LogP contribution is -2.60. The van der Waals surface area contributed by atoms with Crippen LogP contribution in [-0.4, -0.2) is 58.2 Å². The lowest BCUT2D eigenvalue weighted by atomic mass is 9.71. The van der Waals surface area contributed by atoms with Gasteiger partial charge in [0.1, 0.15) is 5.82 Å². The summed E-state index contributed by atoms with van der Waals surface area (Å²) >= 11 is 0. The molecule has 0 bridgehead atoms. The fourth-order valence-electron chi connectivity index (χ4n) is 4.28. The fraction of sp³-hybridized carbons (Fsp3) is 0.450. The van der Waals surface area contributed by atoms with Crippen molar-refractivity contribution in [2.75, 3.05) is 31.1 Å². The summed E-state index contributed by atoms with van der Waals surface area (Å²) in [6.45, 7) is 2.43. The first kappa shape index (κ1) is 17.9. The molecule has 1 amide bonds. The van der Waals surface area contributed by atoms with Gasteiger partial charge in [0, 0.05) is 49.6 Å². The molecule has 0 radical (unpaired) electrons. The molecule has 2 atom stereocenters. The molecular weight excluding hydrogens is 347 g/mol. The number of piperidine rings is 2. The smallest absolute Gasteiger partial charge is 0.253 e. The Morgan fingerprint density at radius 2 is 1.89 bits per heavy atom. The van der Waals surface area contributed by atoms with Crippen LogP contribution in [-0.2, 0) is 0 Å². The molecule has 1 aromatic heterocycles. The summed E-state index contributed by atoms with van der Waals surface area (Å²) in [5.74, 6) is 0.183. The zero-order valence-electron chi connectivity index (χ0n) is 15.1. The largest absolute Gasteiger partial charge is 0.392 e. The van der Waals surface area contributed by atoms with Gasteiger partial charge in [-0.2, -0.15) is 0 Å². The number of carbonyl (C=O) groups excluding carboxylic acids is 1. The van der Waals surface area contributed by atoms with Gasteiger partial charge in [-0.05, 0) is 49.6 Å². The molecule has 2 saturated heterocycles. The topological polar surface area (TPSA) is 69.6 Å². The third-order valence-corrected chi connectivity index (χ3v) is 5.71. The number of hydrogen-bond donors (Lipinski definition) is 1. The Kier molecular flexibility index (Phi) is 4.78. The first-order chi connectivity index (χ1) is 13.1. The minimum absolute atomic E-state index is 0.116. The van der Waals surface area contributed by atoms with Crippen molar-refractivity contribution in [2.24, 2.45) is 5.41 Å². The molecule has 6 nitrogen and oxygen atoms in total. The first-order valence-electron chi connectivity index (χ1n) is 9.32. The Morgan fingerprint density at radius 3 is 2.63 bits per heavy atom. The van der Waals surface area contributed by atoms with Gasteiger partial charge in [0.15, 0.2) is 0 Å². The van der Waals surface area contributed by atoms with E-state index in [2.05, 4.69) is 14.9 Å². The molecule has 3 heterocycles. The molecule has 1 unspecified atom stereocenters. The second-order valence-corrected chi connectivity index (χ2v) is 7.47. The Balaban J connectivity index is 1.54. The minimum Gasteiger partial charge on any atom is -0.392 e. The van der Waals surface area contributed by atoms with Gasteiger partial charge in [-0.1, -0.05) is 0 Å². The van der Waals surface area contributed by atoms with Crippen LogP contribution in [0.2, 0.25) is 0 Å². The van der Waals surface area contributed by atoms with Crippen LogP contribution in [0.5, 0.6) is 0 Å². The highest BCUT2D eigenvalue weighted by Gasteiger charge is 2.47. The molecule has 2 aliphatic heterocycles. The zero-order chi connectivity index (χ0) is 18.9. The Hall–Kier alpha value is -2.54. The number of aromatic nitrogens is 2. The van der Waals surface area contributed by atoms with Gasteiger partial charge in [0.25, 0.3) is 5.91 Å². The van der Waals surface area contributed by atoms with Gasteiger partial charge < -0.3 is 14.9 Å². The second kappa shape index (κ2) is 7.23. The SMILES string of the molecule is O=C(c1ccc(F)cc1)N1CCC[C@]2(C1)CN(c1ncccn1)CCC2O. The van der Waals surface area contributed by atoms with E-state index in [1.807, 2.05) is 0 Å². The second-order valence-electron chi connectivity index (χ2n) is 7.47. The van der Waals surface area contributed by atoms with Crippen LogP contribution in [0, 0.1) is 11.2 Å². The van der Waals surface area contributed by atoms with Crippen molar-refractivity contribution in [1.82, 2.24) is 14.9 Å². The van der Waals surface area contributed by atoms with E-state index in [0.29, 0.717) is 44.1 Å². The summed E-state index contributed by atoms with van der Waals surface area (Å²) in [6, 6.07) is 7.41. The van der Waals surface area contributed by atoms with Crippen molar-refractivity contribution in [3.05, 3.63) is 54.1 Å². The summed E-state index contributed by atoms with van der Waals surface area (Å²) in [4.78, 5) is 25.4. The van der Waals surface area contributed by atoms with E-state index in [-0.39, 0.29) is 11.7 Å². The molecule has 27 heavy (non-hydrogen) atoms. The average Bonchev–Trinajstić information content (AvgIpc) is 2.71. The molecule has 1 spiro atoms. The number of aliphatic hydroxyl groups is 1. The van der Waals surface area contributed by atoms with Crippen LogP contribution >= 0.6 is 0 Å². The standard InChI is InChI=1S/C20H23FN4O2/c21-16-5-3-15(4-6-16)18(27)24-11-1-8-20(13-24)14-25(12-7-17(20)26)19-22-9-2-10-23-19/h2-6,9-10,17,26H,1,7-8,11-14H2/t17?,20-/m0/s1. The highest BCUT2D eigenvalue weighted by atomic mass is 19.1. The van der Waals surface area contributed by atoms with E-state index < -0.39 is 11.5 Å². The Labute approximate surface area is 157 Å². The fourth-order valence-corrected chi connectivity index (χ4v) is 4.28. The summed E-state index contributed by atoms with van der Waals surface area (Å²) in [5, 5.41) is 10.8. The van der Waals surface area contributed by atoms with E-state index >= 15 is 0 Å². The van der Waals surface area contributed by atoms with Gasteiger partial charge in [-0.3, -0.25) is 4.79 Å². The number of amides is 1. The lowest BCUT2D eigenvalue weighted by Gasteiger charge is -2.51. The maximum absolute atomic E-state index is 13.2. The number of likely N-dealkylation sites (tertiary alicyclic amines) is 1. The normalized spacial score (nSPS) is 25.6. The Bertz CT molecular complexity index is 801. The monoisotopic (exact) mass is 370 g/mol. The van der Waals surface area contributed by atoms with Crippen LogP contribution in [0.3, 0.4) is 0 Å². The predicted molar refractivity (Wildman–Crippen MR) is 98.8 cm³/mol. The first-order valence-corrected chi connectivity index (χ1v) is 9.32. The van der Waals surface area contributed by atoms with Gasteiger partial charge in [0.2, 0.25) is 5.95 Å². The Morgan fingerprint density at radius 1 is 1.15 bits per heavy atom. The number of benzene rings is 1. The molecule has 7 heteroatoms. The lowest BCUT2D eigenvalue weighted by molar-refractivity contribution is -0.0363. The van der Waals surface area contributed by atoms with E-state index in [0.717, 1.165) is 12.8 Å². The van der Waals surface area contributed by atoms with Crippen LogP contribution in [0.25, 0.3) is 0 Å². The molecule has 142 valence electrons. The van der Waals surface area contributed by atoms with Crippen molar-refractivity contribution >= 4 is 11.9 Å². The molecule has 1 N–H and O–H groups in total. The van der Waals surface area contributed by atoms with Gasteiger partial charge in [-0.25, -0.2) is 14.4 Å². The van der Waals surface area contributed by atoms with E-state index in [9.17, 15) is 14.3 Å². The van der Waals surface area contributed by atoms with E-state index in [1.165, 1.54) is 24.3 Å². The number of nitrogens with zero attached hydrogens (tertiary/aromatic N) is 4. The molecular formula is C20H23FN4O2. The highest BCUT2D eigenvalue weighted by Crippen LogP contribution is 2.39. The van der Waals surface area contributed by atoms with Crippen molar-refractivity contribution in [3.63, 3.8) is 0 Å². The zero-order valence-corrected chi connectivity index (χ0v) is 15.1. The summed E-state index contributed by atoms with van der Waals surface area (Å²) in [6.07, 6.45) is 5.26. The predicted octanol–water partition coefficient (Wildman–Crippen LogP) is 2.11. The van der Waals surface area contributed by atoms with Crippen molar-refractivity contribution in [2.45, 2.75) is 25.4 Å². The van der Waals surface area contributed by atoms with E-state index in [4.69, 9.17) is 0 Å². The molecule has 4 rings (SSSR count). The maximum Gasteiger partial charge on any atom is 0.253 e.